The van der Waals surface area contributed by atoms with Crippen LogP contribution < -0.4 is 10.3 Å². The summed E-state index contributed by atoms with van der Waals surface area (Å²) in [5.74, 6) is 1.08. The Morgan fingerprint density at radius 1 is 1.20 bits per heavy atom. The number of nitrogens with zero attached hydrogens (tertiary/aromatic N) is 2. The smallest absolute Gasteiger partial charge is 0.262 e. The van der Waals surface area contributed by atoms with Crippen LogP contribution in [0.3, 0.4) is 0 Å². The summed E-state index contributed by atoms with van der Waals surface area (Å²) < 4.78 is 7.31. The third-order valence-electron chi connectivity index (χ3n) is 4.71. The highest BCUT2D eigenvalue weighted by Crippen LogP contribution is 2.24. The number of aliphatic hydroxyl groups excluding tert-OH is 1. The zero-order valence-corrected chi connectivity index (χ0v) is 18.5. The monoisotopic (exact) mass is 424 g/mol. The van der Waals surface area contributed by atoms with Crippen LogP contribution in [0, 0.1) is 0 Å². The second-order valence-corrected chi connectivity index (χ2v) is 9.15. The molecule has 0 aliphatic rings. The number of hydrogen-bond acceptors (Lipinski definition) is 5. The number of fused-ring (bicyclic) bond motifs is 1. The van der Waals surface area contributed by atoms with Crippen molar-refractivity contribution >= 4 is 22.7 Å². The molecule has 0 saturated heterocycles. The summed E-state index contributed by atoms with van der Waals surface area (Å²) >= 11 is 1.34. The molecule has 158 valence electrons. The van der Waals surface area contributed by atoms with Gasteiger partial charge in [0.05, 0.1) is 17.0 Å². The lowest BCUT2D eigenvalue weighted by Crippen LogP contribution is -2.25. The minimum Gasteiger partial charge on any atom is -0.491 e. The lowest BCUT2D eigenvalue weighted by atomic mass is 9.87. The number of ether oxygens (including phenoxy) is 1. The maximum absolute atomic E-state index is 12.8. The van der Waals surface area contributed by atoms with Gasteiger partial charge in [-0.2, -0.15) is 0 Å². The molecule has 1 heterocycles. The van der Waals surface area contributed by atoms with Crippen LogP contribution in [0.5, 0.6) is 5.75 Å². The van der Waals surface area contributed by atoms with Crippen LogP contribution in [0.1, 0.15) is 26.3 Å². The molecule has 0 amide bonds. The Morgan fingerprint density at radius 3 is 2.57 bits per heavy atom. The fourth-order valence-corrected chi connectivity index (χ4v) is 3.92. The van der Waals surface area contributed by atoms with Crippen molar-refractivity contribution < 1.29 is 9.84 Å². The Labute approximate surface area is 181 Å². The fourth-order valence-electron chi connectivity index (χ4n) is 3.01. The number of benzene rings is 2. The molecule has 0 saturated carbocycles. The van der Waals surface area contributed by atoms with E-state index >= 15 is 0 Å². The van der Waals surface area contributed by atoms with E-state index in [9.17, 15) is 9.90 Å². The van der Waals surface area contributed by atoms with Gasteiger partial charge in [-0.25, -0.2) is 4.98 Å². The standard InChI is InChI=1S/C24H28N2O3S/c1-5-14-26-22(28)20-8-6-7-9-21(20)25-23(26)30-16-18(27)15-29-19-12-10-17(11-13-19)24(2,3)4/h5-13,18,27H,1,14-16H2,2-4H3/t18-/m0/s1. The normalized spacial score (nSPS) is 12.7. The van der Waals surface area contributed by atoms with Crippen molar-refractivity contribution in [2.45, 2.75) is 44.0 Å². The van der Waals surface area contributed by atoms with E-state index in [1.165, 1.54) is 17.3 Å². The molecule has 1 atom stereocenters. The van der Waals surface area contributed by atoms with Gasteiger partial charge in [-0.3, -0.25) is 9.36 Å². The van der Waals surface area contributed by atoms with Gasteiger partial charge in [0.25, 0.3) is 5.56 Å². The van der Waals surface area contributed by atoms with Crippen LogP contribution in [-0.4, -0.2) is 33.1 Å². The first-order chi connectivity index (χ1) is 14.3. The van der Waals surface area contributed by atoms with Crippen molar-refractivity contribution in [2.24, 2.45) is 0 Å². The van der Waals surface area contributed by atoms with Gasteiger partial charge in [0.1, 0.15) is 12.4 Å². The first kappa shape index (κ1) is 22.1. The van der Waals surface area contributed by atoms with Gasteiger partial charge in [-0.15, -0.1) is 6.58 Å². The quantitative estimate of drug-likeness (QED) is 0.330. The highest BCUT2D eigenvalue weighted by molar-refractivity contribution is 7.99. The van der Waals surface area contributed by atoms with Crippen LogP contribution in [0.2, 0.25) is 0 Å². The summed E-state index contributed by atoms with van der Waals surface area (Å²) in [4.78, 5) is 17.4. The molecular weight excluding hydrogens is 396 g/mol. The molecule has 1 N–H and O–H groups in total. The highest BCUT2D eigenvalue weighted by Gasteiger charge is 2.15. The number of aliphatic hydroxyl groups is 1. The summed E-state index contributed by atoms with van der Waals surface area (Å²) in [6.45, 7) is 10.8. The van der Waals surface area contributed by atoms with E-state index in [0.29, 0.717) is 28.4 Å². The minimum atomic E-state index is -0.696. The molecule has 3 aromatic rings. The Hall–Kier alpha value is -2.57. The van der Waals surface area contributed by atoms with Crippen molar-refractivity contribution in [1.82, 2.24) is 9.55 Å². The number of hydrogen-bond donors (Lipinski definition) is 1. The summed E-state index contributed by atoms with van der Waals surface area (Å²) in [7, 11) is 0. The topological polar surface area (TPSA) is 64.3 Å². The third-order valence-corrected chi connectivity index (χ3v) is 5.83. The van der Waals surface area contributed by atoms with Crippen molar-refractivity contribution in [1.29, 1.82) is 0 Å². The fraction of sp³-hybridized carbons (Fsp3) is 0.333. The van der Waals surface area contributed by atoms with Crippen LogP contribution in [-0.2, 0) is 12.0 Å². The third kappa shape index (κ3) is 5.32. The Balaban J connectivity index is 1.65. The first-order valence-electron chi connectivity index (χ1n) is 9.94. The second-order valence-electron chi connectivity index (χ2n) is 8.17. The number of allylic oxidation sites excluding steroid dienone is 1. The lowest BCUT2D eigenvalue weighted by molar-refractivity contribution is 0.126. The summed E-state index contributed by atoms with van der Waals surface area (Å²) in [6.07, 6.45) is 0.973. The van der Waals surface area contributed by atoms with Gasteiger partial charge in [0, 0.05) is 12.3 Å². The van der Waals surface area contributed by atoms with Crippen molar-refractivity contribution in [2.75, 3.05) is 12.4 Å². The minimum absolute atomic E-state index is 0.0861. The van der Waals surface area contributed by atoms with Gasteiger partial charge in [-0.05, 0) is 35.2 Å². The summed E-state index contributed by atoms with van der Waals surface area (Å²) in [5.41, 5.74) is 1.86. The van der Waals surface area contributed by atoms with E-state index in [0.717, 1.165) is 5.75 Å². The number of thioether (sulfide) groups is 1. The maximum atomic E-state index is 12.8. The van der Waals surface area contributed by atoms with Crippen LogP contribution in [0.15, 0.2) is 71.1 Å². The Bertz CT molecular complexity index is 1070. The number of rotatable bonds is 8. The molecule has 2 aromatic carbocycles. The second kappa shape index (κ2) is 9.49. The maximum Gasteiger partial charge on any atom is 0.262 e. The van der Waals surface area contributed by atoms with Gasteiger partial charge < -0.3 is 9.84 Å². The Kier molecular flexibility index (Phi) is 7.00. The predicted octanol–water partition coefficient (Wildman–Crippen LogP) is 4.41. The summed E-state index contributed by atoms with van der Waals surface area (Å²) in [5, 5.41) is 11.5. The van der Waals surface area contributed by atoms with Crippen LogP contribution >= 0.6 is 11.8 Å². The van der Waals surface area contributed by atoms with E-state index in [1.54, 1.807) is 16.7 Å². The molecule has 0 aliphatic heterocycles. The van der Waals surface area contributed by atoms with Crippen LogP contribution in [0.25, 0.3) is 10.9 Å². The predicted molar refractivity (Wildman–Crippen MR) is 124 cm³/mol. The first-order valence-corrected chi connectivity index (χ1v) is 10.9. The molecule has 5 nitrogen and oxygen atoms in total. The number of para-hydroxylation sites is 1. The van der Waals surface area contributed by atoms with E-state index in [-0.39, 0.29) is 17.6 Å². The number of aromatic nitrogens is 2. The lowest BCUT2D eigenvalue weighted by Gasteiger charge is -2.19. The molecule has 0 spiro atoms. The van der Waals surface area contributed by atoms with Gasteiger partial charge >= 0.3 is 0 Å². The zero-order valence-electron chi connectivity index (χ0n) is 17.7. The molecule has 0 aliphatic carbocycles. The van der Waals surface area contributed by atoms with Gasteiger partial charge in [0.2, 0.25) is 0 Å². The average molecular weight is 425 g/mol. The van der Waals surface area contributed by atoms with Crippen molar-refractivity contribution in [3.63, 3.8) is 0 Å². The van der Waals surface area contributed by atoms with E-state index in [1.807, 2.05) is 42.5 Å². The van der Waals surface area contributed by atoms with Gasteiger partial charge in [0.15, 0.2) is 5.16 Å². The van der Waals surface area contributed by atoms with E-state index < -0.39 is 6.10 Å². The van der Waals surface area contributed by atoms with Crippen LogP contribution in [0.4, 0.5) is 0 Å². The highest BCUT2D eigenvalue weighted by atomic mass is 32.2. The van der Waals surface area contributed by atoms with E-state index in [4.69, 9.17) is 4.74 Å². The van der Waals surface area contributed by atoms with Gasteiger partial charge in [-0.1, -0.05) is 62.9 Å². The Morgan fingerprint density at radius 2 is 1.90 bits per heavy atom. The molecular formula is C24H28N2O3S. The zero-order chi connectivity index (χ0) is 21.7. The average Bonchev–Trinajstić information content (AvgIpc) is 2.73. The van der Waals surface area contributed by atoms with Crippen molar-refractivity contribution in [3.8, 4) is 5.75 Å². The molecule has 0 bridgehead atoms. The molecule has 30 heavy (non-hydrogen) atoms. The SMILES string of the molecule is C=CCn1c(SC[C@@H](O)COc2ccc(C(C)(C)C)cc2)nc2ccccc2c1=O. The van der Waals surface area contributed by atoms with E-state index in [2.05, 4.69) is 32.3 Å². The molecule has 6 heteroatoms. The van der Waals surface area contributed by atoms with Crippen molar-refractivity contribution in [3.05, 3.63) is 77.1 Å². The molecule has 0 radical (unpaired) electrons. The molecule has 0 fully saturated rings. The summed E-state index contributed by atoms with van der Waals surface area (Å²) in [6, 6.07) is 15.2. The largest absolute Gasteiger partial charge is 0.491 e. The molecule has 3 rings (SSSR count). The molecule has 1 aromatic heterocycles. The molecule has 0 unspecified atom stereocenters.